The number of halogens is 5. The highest BCUT2D eigenvalue weighted by Crippen LogP contribution is 2.38. The normalized spacial score (nSPS) is 12.8. The summed E-state index contributed by atoms with van der Waals surface area (Å²) in [4.78, 5) is 15.2. The minimum Gasteiger partial charge on any atom is -0.496 e. The fourth-order valence-corrected chi connectivity index (χ4v) is 3.74. The Balaban J connectivity index is 2.04. The number of hydrogen-bond acceptors (Lipinski definition) is 3. The molecule has 0 radical (unpaired) electrons. The van der Waals surface area contributed by atoms with Crippen LogP contribution in [0.4, 0.5) is 13.2 Å². The van der Waals surface area contributed by atoms with E-state index in [1.807, 2.05) is 0 Å². The van der Waals surface area contributed by atoms with Crippen molar-refractivity contribution in [1.29, 1.82) is 0 Å². The maximum atomic E-state index is 13.1. The van der Waals surface area contributed by atoms with Gasteiger partial charge < -0.3 is 14.5 Å². The molecule has 0 spiro atoms. The minimum absolute atomic E-state index is 0.226. The van der Waals surface area contributed by atoms with E-state index in [4.69, 9.17) is 16.3 Å². The van der Waals surface area contributed by atoms with Gasteiger partial charge in [0.05, 0.1) is 7.11 Å². The molecule has 0 amide bonds. The van der Waals surface area contributed by atoms with E-state index >= 15 is 0 Å². The van der Waals surface area contributed by atoms with E-state index in [1.54, 1.807) is 25.1 Å². The number of ether oxygens (including phenoxy) is 2. The Morgan fingerprint density at radius 1 is 1.25 bits per heavy atom. The van der Waals surface area contributed by atoms with Gasteiger partial charge in [0.1, 0.15) is 16.3 Å². The number of H-pyrrole nitrogens is 1. The topological polar surface area (TPSA) is 51.3 Å². The van der Waals surface area contributed by atoms with Crippen LogP contribution >= 0.6 is 27.5 Å². The molecule has 148 valence electrons. The average molecular weight is 477 g/mol. The summed E-state index contributed by atoms with van der Waals surface area (Å²) >= 11 is 9.32. The predicted molar refractivity (Wildman–Crippen MR) is 104 cm³/mol. The maximum Gasteiger partial charge on any atom is 0.573 e. The van der Waals surface area contributed by atoms with Crippen LogP contribution in [0.3, 0.4) is 0 Å². The van der Waals surface area contributed by atoms with Crippen molar-refractivity contribution in [3.05, 3.63) is 58.2 Å². The third-order valence-corrected chi connectivity index (χ3v) is 5.30. The van der Waals surface area contributed by atoms with Crippen LogP contribution in [-0.2, 0) is 0 Å². The van der Waals surface area contributed by atoms with Gasteiger partial charge in [0.2, 0.25) is 0 Å². The fraction of sp³-hybridized carbons (Fsp3) is 0.211. The van der Waals surface area contributed by atoms with E-state index in [-0.39, 0.29) is 17.1 Å². The molecule has 1 heterocycles. The van der Waals surface area contributed by atoms with Crippen molar-refractivity contribution < 1.29 is 27.4 Å². The average Bonchev–Trinajstić information content (AvgIpc) is 3.03. The Kier molecular flexibility index (Phi) is 5.63. The number of aryl methyl sites for hydroxylation is 1. The lowest BCUT2D eigenvalue weighted by Gasteiger charge is -2.14. The highest BCUT2D eigenvalue weighted by Gasteiger charge is 2.32. The third-order valence-electron chi connectivity index (χ3n) is 4.16. The number of aromatic amines is 1. The van der Waals surface area contributed by atoms with Crippen molar-refractivity contribution in [2.45, 2.75) is 18.1 Å². The number of Topliss-reactive ketones (excluding diaryl/α,β-unsaturated/α-hetero) is 1. The number of carbonyl (C=O) groups excluding carboxylic acids is 1. The number of aromatic nitrogens is 1. The molecule has 0 saturated heterocycles. The van der Waals surface area contributed by atoms with Gasteiger partial charge in [-0.1, -0.05) is 33.6 Å². The van der Waals surface area contributed by atoms with E-state index in [2.05, 4.69) is 25.7 Å². The van der Waals surface area contributed by atoms with Crippen LogP contribution < -0.4 is 9.47 Å². The second-order valence-corrected chi connectivity index (χ2v) is 7.38. The summed E-state index contributed by atoms with van der Waals surface area (Å²) in [6.07, 6.45) is -3.36. The number of benzene rings is 2. The highest BCUT2D eigenvalue weighted by molar-refractivity contribution is 9.09. The molecule has 28 heavy (non-hydrogen) atoms. The molecule has 9 heteroatoms. The third kappa shape index (κ3) is 4.12. The van der Waals surface area contributed by atoms with Crippen molar-refractivity contribution in [3.8, 4) is 11.5 Å². The molecule has 1 atom stereocenters. The Morgan fingerprint density at radius 2 is 1.96 bits per heavy atom. The molecule has 0 fully saturated rings. The van der Waals surface area contributed by atoms with Crippen LogP contribution in [-0.4, -0.2) is 24.2 Å². The number of methoxy groups -OCH3 is 1. The quantitative estimate of drug-likeness (QED) is 0.344. The first-order valence-corrected chi connectivity index (χ1v) is 9.29. The summed E-state index contributed by atoms with van der Waals surface area (Å²) in [5, 5.41) is 0.783. The molecule has 1 N–H and O–H groups in total. The summed E-state index contributed by atoms with van der Waals surface area (Å²) in [7, 11) is 1.45. The molecular formula is C19H14BrClF3NO3. The van der Waals surface area contributed by atoms with E-state index < -0.39 is 11.2 Å². The zero-order valence-electron chi connectivity index (χ0n) is 14.7. The first kappa shape index (κ1) is 20.5. The van der Waals surface area contributed by atoms with Crippen LogP contribution in [0.2, 0.25) is 5.02 Å². The van der Waals surface area contributed by atoms with Crippen LogP contribution in [0.25, 0.3) is 10.9 Å². The van der Waals surface area contributed by atoms with Gasteiger partial charge in [-0.2, -0.15) is 0 Å². The molecule has 3 aromatic rings. The summed E-state index contributed by atoms with van der Waals surface area (Å²) in [6.45, 7) is 1.63. The van der Waals surface area contributed by atoms with Crippen molar-refractivity contribution in [2.75, 3.05) is 7.11 Å². The van der Waals surface area contributed by atoms with Crippen LogP contribution in [0.5, 0.6) is 11.5 Å². The number of fused-ring (bicyclic) bond motifs is 1. The lowest BCUT2D eigenvalue weighted by Crippen LogP contribution is -2.17. The first-order valence-electron chi connectivity index (χ1n) is 8.00. The van der Waals surface area contributed by atoms with Crippen molar-refractivity contribution in [3.63, 3.8) is 0 Å². The van der Waals surface area contributed by atoms with Gasteiger partial charge in [-0.05, 0) is 36.8 Å². The smallest absolute Gasteiger partial charge is 0.496 e. The lowest BCUT2D eigenvalue weighted by molar-refractivity contribution is -0.274. The van der Waals surface area contributed by atoms with Crippen molar-refractivity contribution in [2.24, 2.45) is 0 Å². The monoisotopic (exact) mass is 475 g/mol. The largest absolute Gasteiger partial charge is 0.573 e. The van der Waals surface area contributed by atoms with Gasteiger partial charge in [-0.3, -0.25) is 4.79 Å². The molecule has 1 unspecified atom stereocenters. The van der Waals surface area contributed by atoms with Gasteiger partial charge in [0, 0.05) is 33.2 Å². The van der Waals surface area contributed by atoms with Crippen molar-refractivity contribution >= 4 is 44.2 Å². The molecule has 4 nitrogen and oxygen atoms in total. The number of hydrogen-bond donors (Lipinski definition) is 1. The summed E-state index contributed by atoms with van der Waals surface area (Å²) < 4.78 is 47.1. The van der Waals surface area contributed by atoms with Gasteiger partial charge in [-0.25, -0.2) is 0 Å². The number of ketones is 1. The van der Waals surface area contributed by atoms with Gasteiger partial charge in [0.15, 0.2) is 5.78 Å². The summed E-state index contributed by atoms with van der Waals surface area (Å²) in [6, 6.07) is 7.30. The van der Waals surface area contributed by atoms with E-state index in [0.29, 0.717) is 32.8 Å². The Hall–Kier alpha value is -2.19. The Morgan fingerprint density at radius 3 is 2.61 bits per heavy atom. The second kappa shape index (κ2) is 7.67. The molecule has 3 rings (SSSR count). The zero-order chi connectivity index (χ0) is 20.6. The molecule has 1 aromatic heterocycles. The Bertz CT molecular complexity index is 1050. The molecular weight excluding hydrogens is 463 g/mol. The highest BCUT2D eigenvalue weighted by atomic mass is 79.9. The van der Waals surface area contributed by atoms with Crippen LogP contribution in [0.1, 0.15) is 26.3 Å². The fourth-order valence-electron chi connectivity index (χ4n) is 2.95. The second-order valence-electron chi connectivity index (χ2n) is 6.03. The number of nitrogens with one attached hydrogen (secondary N) is 1. The predicted octanol–water partition coefficient (Wildman–Crippen LogP) is 6.36. The molecule has 0 aliphatic heterocycles. The zero-order valence-corrected chi connectivity index (χ0v) is 17.0. The van der Waals surface area contributed by atoms with E-state index in [1.165, 1.54) is 25.4 Å². The summed E-state index contributed by atoms with van der Waals surface area (Å²) in [5.41, 5.74) is 1.85. The molecule has 0 aliphatic carbocycles. The standard InChI is InChI=1S/C19H14BrClF3NO3/c1-9-5-11(28-19(22,23)24)7-13-14(8-25-17(9)13)18(26)16(20)12-4-3-10(21)6-15(12)27-2/h3-8,16,25H,1-2H3. The number of carbonyl (C=O) groups is 1. The molecule has 0 bridgehead atoms. The van der Waals surface area contributed by atoms with Gasteiger partial charge >= 0.3 is 6.36 Å². The van der Waals surface area contributed by atoms with Crippen LogP contribution in [0, 0.1) is 6.92 Å². The summed E-state index contributed by atoms with van der Waals surface area (Å²) in [5.74, 6) is -0.323. The Labute approximate surface area is 171 Å². The van der Waals surface area contributed by atoms with Gasteiger partial charge in [0.25, 0.3) is 0 Å². The van der Waals surface area contributed by atoms with Gasteiger partial charge in [-0.15, -0.1) is 13.2 Å². The number of alkyl halides is 4. The first-order chi connectivity index (χ1) is 13.1. The van der Waals surface area contributed by atoms with E-state index in [9.17, 15) is 18.0 Å². The lowest BCUT2D eigenvalue weighted by atomic mass is 10.0. The minimum atomic E-state index is -4.82. The SMILES string of the molecule is COc1cc(Cl)ccc1C(Br)C(=O)c1c[nH]c2c(C)cc(OC(F)(F)F)cc12. The number of rotatable bonds is 5. The molecule has 0 aliphatic rings. The van der Waals surface area contributed by atoms with E-state index in [0.717, 1.165) is 0 Å². The molecule has 0 saturated carbocycles. The maximum absolute atomic E-state index is 13.1. The van der Waals surface area contributed by atoms with Crippen LogP contribution in [0.15, 0.2) is 36.5 Å². The molecule has 2 aromatic carbocycles. The van der Waals surface area contributed by atoms with Crippen molar-refractivity contribution in [1.82, 2.24) is 4.98 Å².